The fourth-order valence-corrected chi connectivity index (χ4v) is 3.59. The quantitative estimate of drug-likeness (QED) is 0.509. The summed E-state index contributed by atoms with van der Waals surface area (Å²) in [6.45, 7) is 1.91. The standard InChI is InChI=1S/C19H18N4O5S2/c1-2-27-17(25)14(22-15(24)16-20-8-9-29-16)13-11-30-18(21-13)23-19(26)28-10-12-6-4-3-5-7-12/h3-9,11,14H,2,10H2,1H3,(H,22,24)(H,21,23,26). The number of carbonyl (C=O) groups is 3. The summed E-state index contributed by atoms with van der Waals surface area (Å²) < 4.78 is 10.2. The highest BCUT2D eigenvalue weighted by atomic mass is 32.1. The van der Waals surface area contributed by atoms with E-state index in [1.165, 1.54) is 6.20 Å². The van der Waals surface area contributed by atoms with Gasteiger partial charge in [0.15, 0.2) is 16.2 Å². The maximum absolute atomic E-state index is 12.3. The number of hydrogen-bond donors (Lipinski definition) is 2. The molecule has 1 atom stereocenters. The molecule has 0 aliphatic carbocycles. The molecule has 156 valence electrons. The highest BCUT2D eigenvalue weighted by Crippen LogP contribution is 2.23. The van der Waals surface area contributed by atoms with Gasteiger partial charge < -0.3 is 14.8 Å². The molecule has 30 heavy (non-hydrogen) atoms. The maximum atomic E-state index is 12.3. The summed E-state index contributed by atoms with van der Waals surface area (Å²) in [4.78, 5) is 44.8. The Morgan fingerprint density at radius 1 is 1.13 bits per heavy atom. The van der Waals surface area contributed by atoms with E-state index in [0.717, 1.165) is 28.2 Å². The largest absolute Gasteiger partial charge is 0.464 e. The lowest BCUT2D eigenvalue weighted by Gasteiger charge is -2.14. The van der Waals surface area contributed by atoms with E-state index in [1.54, 1.807) is 17.7 Å². The van der Waals surface area contributed by atoms with Gasteiger partial charge in [-0.15, -0.1) is 22.7 Å². The third-order valence-electron chi connectivity index (χ3n) is 3.66. The lowest BCUT2D eigenvalue weighted by molar-refractivity contribution is -0.145. The van der Waals surface area contributed by atoms with Gasteiger partial charge in [0.1, 0.15) is 6.61 Å². The van der Waals surface area contributed by atoms with Crippen LogP contribution in [-0.4, -0.2) is 34.5 Å². The minimum atomic E-state index is -1.13. The van der Waals surface area contributed by atoms with Crippen molar-refractivity contribution >= 4 is 45.8 Å². The van der Waals surface area contributed by atoms with Crippen LogP contribution in [0.4, 0.5) is 9.93 Å². The number of carbonyl (C=O) groups excluding carboxylic acids is 3. The number of nitrogens with one attached hydrogen (secondary N) is 2. The smallest absolute Gasteiger partial charge is 0.413 e. The van der Waals surface area contributed by atoms with Gasteiger partial charge in [-0.25, -0.2) is 19.6 Å². The van der Waals surface area contributed by atoms with E-state index < -0.39 is 24.0 Å². The molecule has 11 heteroatoms. The van der Waals surface area contributed by atoms with Gasteiger partial charge >= 0.3 is 12.1 Å². The number of aromatic nitrogens is 2. The molecule has 3 rings (SSSR count). The van der Waals surface area contributed by atoms with Crippen molar-refractivity contribution in [3.05, 3.63) is 63.6 Å². The van der Waals surface area contributed by atoms with Gasteiger partial charge in [-0.2, -0.15) is 0 Å². The number of ether oxygens (including phenoxy) is 2. The van der Waals surface area contributed by atoms with Crippen LogP contribution in [0.2, 0.25) is 0 Å². The second-order valence-electron chi connectivity index (χ2n) is 5.76. The van der Waals surface area contributed by atoms with Crippen molar-refractivity contribution in [3.8, 4) is 0 Å². The highest BCUT2D eigenvalue weighted by molar-refractivity contribution is 7.14. The predicted octanol–water partition coefficient (Wildman–Crippen LogP) is 3.38. The average molecular weight is 447 g/mol. The van der Waals surface area contributed by atoms with Gasteiger partial charge in [0, 0.05) is 17.0 Å². The second kappa shape index (κ2) is 10.5. The minimum absolute atomic E-state index is 0.111. The molecule has 0 bridgehead atoms. The number of rotatable bonds is 8. The number of esters is 1. The van der Waals surface area contributed by atoms with Crippen molar-refractivity contribution in [2.45, 2.75) is 19.6 Å². The van der Waals surface area contributed by atoms with Crippen molar-refractivity contribution in [2.75, 3.05) is 11.9 Å². The SMILES string of the molecule is CCOC(=O)C(NC(=O)c1nccs1)c1csc(NC(=O)OCc2ccccc2)n1. The molecule has 2 N–H and O–H groups in total. The van der Waals surface area contributed by atoms with Gasteiger partial charge in [0.2, 0.25) is 0 Å². The summed E-state index contributed by atoms with van der Waals surface area (Å²) in [7, 11) is 0. The third kappa shape index (κ3) is 5.84. The monoisotopic (exact) mass is 446 g/mol. The zero-order valence-corrected chi connectivity index (χ0v) is 17.5. The summed E-state index contributed by atoms with van der Waals surface area (Å²) in [6.07, 6.45) is 0.810. The van der Waals surface area contributed by atoms with E-state index in [4.69, 9.17) is 9.47 Å². The topological polar surface area (TPSA) is 120 Å². The Hall–Kier alpha value is -3.31. The van der Waals surface area contributed by atoms with Crippen molar-refractivity contribution < 1.29 is 23.9 Å². The van der Waals surface area contributed by atoms with Crippen LogP contribution in [0.15, 0.2) is 47.3 Å². The van der Waals surface area contributed by atoms with Crippen molar-refractivity contribution in [2.24, 2.45) is 0 Å². The van der Waals surface area contributed by atoms with E-state index in [1.807, 2.05) is 30.3 Å². The van der Waals surface area contributed by atoms with Crippen molar-refractivity contribution in [1.82, 2.24) is 15.3 Å². The molecule has 0 spiro atoms. The van der Waals surface area contributed by atoms with Crippen LogP contribution in [0.3, 0.4) is 0 Å². The molecule has 0 aliphatic rings. The molecule has 0 fully saturated rings. The molecular formula is C19H18N4O5S2. The van der Waals surface area contributed by atoms with Crippen LogP contribution in [0, 0.1) is 0 Å². The van der Waals surface area contributed by atoms with Crippen molar-refractivity contribution in [3.63, 3.8) is 0 Å². The normalized spacial score (nSPS) is 11.4. The molecule has 3 aromatic rings. The van der Waals surface area contributed by atoms with Crippen LogP contribution in [0.5, 0.6) is 0 Å². The zero-order valence-electron chi connectivity index (χ0n) is 15.9. The summed E-state index contributed by atoms with van der Waals surface area (Å²) >= 11 is 2.24. The molecule has 0 aliphatic heterocycles. The molecule has 2 heterocycles. The number of benzene rings is 1. The van der Waals surface area contributed by atoms with E-state index in [9.17, 15) is 14.4 Å². The summed E-state index contributed by atoms with van der Waals surface area (Å²) in [6, 6.07) is 8.11. The number of hydrogen-bond acceptors (Lipinski definition) is 9. The average Bonchev–Trinajstić information content (AvgIpc) is 3.44. The van der Waals surface area contributed by atoms with E-state index in [0.29, 0.717) is 0 Å². The minimum Gasteiger partial charge on any atom is -0.464 e. The van der Waals surface area contributed by atoms with Gasteiger partial charge in [0.25, 0.3) is 5.91 Å². The zero-order chi connectivity index (χ0) is 21.3. The first-order chi connectivity index (χ1) is 14.6. The number of nitrogens with zero attached hydrogens (tertiary/aromatic N) is 2. The first kappa shape index (κ1) is 21.4. The summed E-state index contributed by atoms with van der Waals surface area (Å²) in [5, 5.41) is 8.72. The molecule has 9 nitrogen and oxygen atoms in total. The lowest BCUT2D eigenvalue weighted by atomic mass is 10.2. The lowest BCUT2D eigenvalue weighted by Crippen LogP contribution is -2.35. The predicted molar refractivity (Wildman–Crippen MR) is 111 cm³/mol. The van der Waals surface area contributed by atoms with Crippen LogP contribution < -0.4 is 10.6 Å². The molecule has 1 unspecified atom stereocenters. The fourth-order valence-electron chi connectivity index (χ4n) is 2.33. The third-order valence-corrected chi connectivity index (χ3v) is 5.21. The molecule has 2 amide bonds. The number of anilines is 1. The Morgan fingerprint density at radius 2 is 1.93 bits per heavy atom. The number of thiazole rings is 2. The molecule has 0 saturated heterocycles. The van der Waals surface area contributed by atoms with Crippen LogP contribution in [0.1, 0.15) is 34.0 Å². The first-order valence-electron chi connectivity index (χ1n) is 8.87. The molecule has 2 aromatic heterocycles. The highest BCUT2D eigenvalue weighted by Gasteiger charge is 2.28. The second-order valence-corrected chi connectivity index (χ2v) is 7.51. The molecule has 0 radical (unpaired) electrons. The van der Waals surface area contributed by atoms with Gasteiger partial charge in [-0.05, 0) is 12.5 Å². The van der Waals surface area contributed by atoms with E-state index >= 15 is 0 Å². The van der Waals surface area contributed by atoms with E-state index in [2.05, 4.69) is 20.6 Å². The maximum Gasteiger partial charge on any atom is 0.413 e. The summed E-state index contributed by atoms with van der Waals surface area (Å²) in [5.74, 6) is -1.18. The van der Waals surface area contributed by atoms with Crippen molar-refractivity contribution in [1.29, 1.82) is 0 Å². The van der Waals surface area contributed by atoms with E-state index in [-0.39, 0.29) is 29.0 Å². The Morgan fingerprint density at radius 3 is 2.63 bits per heavy atom. The Bertz CT molecular complexity index is 992. The van der Waals surface area contributed by atoms with Crippen LogP contribution >= 0.6 is 22.7 Å². The Kier molecular flexibility index (Phi) is 7.46. The number of amides is 2. The molecule has 0 saturated carbocycles. The fraction of sp³-hybridized carbons (Fsp3) is 0.211. The van der Waals surface area contributed by atoms with Gasteiger partial charge in [0.05, 0.1) is 12.3 Å². The Labute approximate surface area is 180 Å². The Balaban J connectivity index is 1.64. The molecular weight excluding hydrogens is 428 g/mol. The van der Waals surface area contributed by atoms with Crippen LogP contribution in [0.25, 0.3) is 0 Å². The summed E-state index contributed by atoms with van der Waals surface area (Å²) in [5.41, 5.74) is 1.08. The first-order valence-corrected chi connectivity index (χ1v) is 10.6. The van der Waals surface area contributed by atoms with Crippen LogP contribution in [-0.2, 0) is 20.9 Å². The van der Waals surface area contributed by atoms with Gasteiger partial charge in [-0.1, -0.05) is 30.3 Å². The molecule has 1 aromatic carbocycles. The van der Waals surface area contributed by atoms with Gasteiger partial charge in [-0.3, -0.25) is 10.1 Å².